The van der Waals surface area contributed by atoms with Crippen LogP contribution in [0.25, 0.3) is 10.9 Å². The molecule has 138 valence electrons. The zero-order chi connectivity index (χ0) is 19.2. The van der Waals surface area contributed by atoms with Crippen LogP contribution in [0, 0.1) is 0 Å². The van der Waals surface area contributed by atoms with Crippen LogP contribution in [0.2, 0.25) is 0 Å². The normalized spacial score (nSPS) is 13.0. The summed E-state index contributed by atoms with van der Waals surface area (Å²) in [6.45, 7) is 0. The molecular formula is C20H19N3O3S. The molecule has 7 heteroatoms. The number of hydrogen-bond donors (Lipinski definition) is 2. The molecule has 0 aliphatic heterocycles. The highest BCUT2D eigenvalue weighted by atomic mass is 32.2. The first-order valence-electron chi connectivity index (χ1n) is 8.43. The van der Waals surface area contributed by atoms with Gasteiger partial charge in [0.25, 0.3) is 5.91 Å². The van der Waals surface area contributed by atoms with E-state index >= 15 is 0 Å². The van der Waals surface area contributed by atoms with Crippen molar-refractivity contribution in [2.75, 3.05) is 5.75 Å². The minimum atomic E-state index is -1.27. The summed E-state index contributed by atoms with van der Waals surface area (Å²) >= 11 is 0. The zero-order valence-corrected chi connectivity index (χ0v) is 15.3. The van der Waals surface area contributed by atoms with Crippen LogP contribution in [0.15, 0.2) is 71.8 Å². The molecule has 1 heterocycles. The van der Waals surface area contributed by atoms with Crippen molar-refractivity contribution in [2.45, 2.75) is 17.4 Å². The Kier molecular flexibility index (Phi) is 5.93. The standard InChI is InChI=1S/C20H19N3O3S/c21-19(24)18(11-13-27(26)14-6-2-1-3-7-14)23-20(25)16-10-12-22-17-9-5-4-8-15(16)17/h1-10,12,18H,11,13H2,(H2,21,24)(H,23,25)/t18-,27-/m1/s1. The Bertz CT molecular complexity index is 987. The zero-order valence-electron chi connectivity index (χ0n) is 14.5. The van der Waals surface area contributed by atoms with E-state index in [2.05, 4.69) is 10.3 Å². The lowest BCUT2D eigenvalue weighted by molar-refractivity contribution is -0.119. The van der Waals surface area contributed by atoms with Crippen molar-refractivity contribution in [2.24, 2.45) is 5.73 Å². The average molecular weight is 381 g/mol. The molecule has 27 heavy (non-hydrogen) atoms. The quantitative estimate of drug-likeness (QED) is 0.653. The second-order valence-corrected chi connectivity index (χ2v) is 7.53. The Morgan fingerprint density at radius 3 is 2.48 bits per heavy atom. The van der Waals surface area contributed by atoms with E-state index in [0.717, 1.165) is 0 Å². The highest BCUT2D eigenvalue weighted by Gasteiger charge is 2.21. The number of benzene rings is 2. The molecule has 0 spiro atoms. The lowest BCUT2D eigenvalue weighted by atomic mass is 10.1. The number of nitrogens with one attached hydrogen (secondary N) is 1. The van der Waals surface area contributed by atoms with Gasteiger partial charge in [0.2, 0.25) is 5.91 Å². The molecule has 0 unspecified atom stereocenters. The maximum atomic E-state index is 12.7. The molecule has 2 aromatic carbocycles. The first-order chi connectivity index (χ1) is 13.1. The van der Waals surface area contributed by atoms with Crippen molar-refractivity contribution in [3.05, 3.63) is 72.4 Å². The third-order valence-electron chi connectivity index (χ3n) is 4.14. The number of carbonyl (C=O) groups is 2. The number of rotatable bonds is 7. The Labute approximate surface area is 159 Å². The summed E-state index contributed by atoms with van der Waals surface area (Å²) in [5.41, 5.74) is 6.53. The van der Waals surface area contributed by atoms with Gasteiger partial charge in [-0.05, 0) is 30.7 Å². The maximum absolute atomic E-state index is 12.7. The molecule has 1 aromatic heterocycles. The van der Waals surface area contributed by atoms with Crippen molar-refractivity contribution in [3.8, 4) is 0 Å². The highest BCUT2D eigenvalue weighted by molar-refractivity contribution is 7.85. The number of nitrogens with zero attached hydrogens (tertiary/aromatic N) is 1. The molecule has 0 saturated carbocycles. The number of nitrogens with two attached hydrogens (primary N) is 1. The lowest BCUT2D eigenvalue weighted by Gasteiger charge is -2.16. The smallest absolute Gasteiger partial charge is 0.252 e. The van der Waals surface area contributed by atoms with Gasteiger partial charge in [-0.25, -0.2) is 0 Å². The molecular weight excluding hydrogens is 362 g/mol. The summed E-state index contributed by atoms with van der Waals surface area (Å²) in [6, 6.07) is 16.9. The number of carbonyl (C=O) groups excluding carboxylic acids is 2. The molecule has 2 amide bonds. The van der Waals surface area contributed by atoms with Crippen molar-refractivity contribution in [1.82, 2.24) is 10.3 Å². The van der Waals surface area contributed by atoms with E-state index in [1.807, 2.05) is 18.2 Å². The van der Waals surface area contributed by atoms with E-state index in [9.17, 15) is 13.8 Å². The number of fused-ring (bicyclic) bond motifs is 1. The third-order valence-corrected chi connectivity index (χ3v) is 5.54. The first kappa shape index (κ1) is 18.7. The molecule has 0 fully saturated rings. The summed E-state index contributed by atoms with van der Waals surface area (Å²) in [7, 11) is -1.27. The average Bonchev–Trinajstić information content (AvgIpc) is 2.70. The van der Waals surface area contributed by atoms with Crippen LogP contribution in [-0.2, 0) is 15.6 Å². The minimum Gasteiger partial charge on any atom is -0.368 e. The SMILES string of the molecule is NC(=O)[C@@H](CC[S@@](=O)c1ccccc1)NC(=O)c1ccnc2ccccc12. The third kappa shape index (κ3) is 4.57. The fraction of sp³-hybridized carbons (Fsp3) is 0.150. The minimum absolute atomic E-state index is 0.186. The van der Waals surface area contributed by atoms with Gasteiger partial charge in [-0.2, -0.15) is 0 Å². The van der Waals surface area contributed by atoms with E-state index in [1.54, 1.807) is 48.7 Å². The molecule has 3 aromatic rings. The van der Waals surface area contributed by atoms with Gasteiger partial charge in [-0.3, -0.25) is 18.8 Å². The predicted molar refractivity (Wildman–Crippen MR) is 105 cm³/mol. The van der Waals surface area contributed by atoms with E-state index in [4.69, 9.17) is 5.73 Å². The summed E-state index contributed by atoms with van der Waals surface area (Å²) in [5, 5.41) is 3.34. The Morgan fingerprint density at radius 1 is 1.04 bits per heavy atom. The van der Waals surface area contributed by atoms with E-state index in [1.165, 1.54) is 0 Å². The van der Waals surface area contributed by atoms with Crippen molar-refractivity contribution < 1.29 is 13.8 Å². The molecule has 3 N–H and O–H groups in total. The number of pyridine rings is 1. The lowest BCUT2D eigenvalue weighted by Crippen LogP contribution is -2.45. The topological polar surface area (TPSA) is 102 Å². The Balaban J connectivity index is 1.71. The van der Waals surface area contributed by atoms with Crippen molar-refractivity contribution >= 4 is 33.5 Å². The number of aromatic nitrogens is 1. The van der Waals surface area contributed by atoms with Crippen LogP contribution in [-0.4, -0.2) is 32.8 Å². The fourth-order valence-electron chi connectivity index (χ4n) is 2.73. The summed E-state index contributed by atoms with van der Waals surface area (Å²) in [6.07, 6.45) is 1.73. The highest BCUT2D eigenvalue weighted by Crippen LogP contribution is 2.16. The molecule has 0 saturated heterocycles. The van der Waals surface area contributed by atoms with Gasteiger partial charge in [0.05, 0.1) is 21.9 Å². The van der Waals surface area contributed by atoms with E-state index in [0.29, 0.717) is 21.4 Å². The molecule has 6 nitrogen and oxygen atoms in total. The van der Waals surface area contributed by atoms with Gasteiger partial charge in [0.15, 0.2) is 0 Å². The number of amides is 2. The Hall–Kier alpha value is -3.06. The van der Waals surface area contributed by atoms with Crippen LogP contribution in [0.1, 0.15) is 16.8 Å². The van der Waals surface area contributed by atoms with E-state index < -0.39 is 28.7 Å². The molecule has 0 bridgehead atoms. The van der Waals surface area contributed by atoms with Gasteiger partial charge in [0, 0.05) is 22.2 Å². The van der Waals surface area contributed by atoms with Crippen LogP contribution in [0.3, 0.4) is 0 Å². The second-order valence-electron chi connectivity index (χ2n) is 5.96. The van der Waals surface area contributed by atoms with Gasteiger partial charge in [-0.15, -0.1) is 0 Å². The second kappa shape index (κ2) is 8.55. The van der Waals surface area contributed by atoms with Crippen LogP contribution in [0.5, 0.6) is 0 Å². The molecule has 2 atom stereocenters. The molecule has 0 radical (unpaired) electrons. The molecule has 0 aliphatic carbocycles. The van der Waals surface area contributed by atoms with Crippen LogP contribution >= 0.6 is 0 Å². The van der Waals surface area contributed by atoms with Crippen molar-refractivity contribution in [1.29, 1.82) is 0 Å². The Morgan fingerprint density at radius 2 is 1.74 bits per heavy atom. The van der Waals surface area contributed by atoms with Crippen molar-refractivity contribution in [3.63, 3.8) is 0 Å². The summed E-state index contributed by atoms with van der Waals surface area (Å²) in [5.74, 6) is -0.857. The van der Waals surface area contributed by atoms with E-state index in [-0.39, 0.29) is 12.2 Å². The number of primary amides is 1. The molecule has 3 rings (SSSR count). The van der Waals surface area contributed by atoms with Gasteiger partial charge < -0.3 is 11.1 Å². The maximum Gasteiger partial charge on any atom is 0.252 e. The fourth-order valence-corrected chi connectivity index (χ4v) is 3.88. The number of para-hydroxylation sites is 1. The first-order valence-corrected chi connectivity index (χ1v) is 9.75. The van der Waals surface area contributed by atoms with Crippen LogP contribution < -0.4 is 11.1 Å². The summed E-state index contributed by atoms with van der Waals surface area (Å²) in [4.78, 5) is 29.3. The van der Waals surface area contributed by atoms with Gasteiger partial charge in [0.1, 0.15) is 6.04 Å². The summed E-state index contributed by atoms with van der Waals surface area (Å²) < 4.78 is 12.3. The largest absolute Gasteiger partial charge is 0.368 e. The van der Waals surface area contributed by atoms with Crippen LogP contribution in [0.4, 0.5) is 0 Å². The predicted octanol–water partition coefficient (Wildman–Crippen LogP) is 2.02. The molecule has 0 aliphatic rings. The van der Waals surface area contributed by atoms with Gasteiger partial charge in [-0.1, -0.05) is 36.4 Å². The number of hydrogen-bond acceptors (Lipinski definition) is 4. The van der Waals surface area contributed by atoms with Gasteiger partial charge >= 0.3 is 0 Å². The monoisotopic (exact) mass is 381 g/mol.